The van der Waals surface area contributed by atoms with Crippen molar-refractivity contribution in [2.24, 2.45) is 7.05 Å². The van der Waals surface area contributed by atoms with Crippen LogP contribution in [0.5, 0.6) is 0 Å². The van der Waals surface area contributed by atoms with E-state index in [1.54, 1.807) is 4.68 Å². The summed E-state index contributed by atoms with van der Waals surface area (Å²) < 4.78 is 44.6. The van der Waals surface area contributed by atoms with Crippen LogP contribution >= 0.6 is 11.6 Å². The summed E-state index contributed by atoms with van der Waals surface area (Å²) >= 11 is 5.83. The van der Waals surface area contributed by atoms with E-state index in [4.69, 9.17) is 11.6 Å². The third kappa shape index (κ3) is 4.86. The second-order valence-electron chi connectivity index (χ2n) is 8.26. The molecule has 1 N–H and O–H groups in total. The Labute approximate surface area is 197 Å². The van der Waals surface area contributed by atoms with Crippen LogP contribution in [-0.4, -0.2) is 41.4 Å². The number of aromatic nitrogens is 2. The first-order valence-electron chi connectivity index (χ1n) is 10.4. The Kier molecular flexibility index (Phi) is 6.41. The van der Waals surface area contributed by atoms with Gasteiger partial charge in [-0.15, -0.1) is 0 Å². The minimum atomic E-state index is -3.88. The predicted molar refractivity (Wildman–Crippen MR) is 124 cm³/mol. The molecule has 7 nitrogen and oxygen atoms in total. The summed E-state index contributed by atoms with van der Waals surface area (Å²) in [4.78, 5) is 13.1. The van der Waals surface area contributed by atoms with Crippen LogP contribution in [0.15, 0.2) is 48.7 Å². The molecule has 174 valence electrons. The lowest BCUT2D eigenvalue weighted by atomic mass is 9.93. The summed E-state index contributed by atoms with van der Waals surface area (Å²) in [6.07, 6.45) is 2.12. The molecular formula is C23H24ClFN4O3S. The Bertz CT molecular complexity index is 1320. The summed E-state index contributed by atoms with van der Waals surface area (Å²) in [5.74, 6) is -0.854. The summed E-state index contributed by atoms with van der Waals surface area (Å²) in [6.45, 7) is 1.91. The maximum absolute atomic E-state index is 13.5. The van der Waals surface area contributed by atoms with Gasteiger partial charge in [-0.1, -0.05) is 35.9 Å². The van der Waals surface area contributed by atoms with Gasteiger partial charge in [0.15, 0.2) is 5.78 Å². The molecule has 1 saturated heterocycles. The number of nitrogens with zero attached hydrogens (tertiary/aromatic N) is 3. The van der Waals surface area contributed by atoms with Gasteiger partial charge in [0.05, 0.1) is 16.8 Å². The van der Waals surface area contributed by atoms with E-state index in [0.29, 0.717) is 5.56 Å². The molecule has 33 heavy (non-hydrogen) atoms. The van der Waals surface area contributed by atoms with E-state index >= 15 is 0 Å². The molecule has 0 bridgehead atoms. The van der Waals surface area contributed by atoms with Crippen LogP contribution in [0.1, 0.15) is 29.3 Å². The monoisotopic (exact) mass is 490 g/mol. The van der Waals surface area contributed by atoms with Crippen molar-refractivity contribution in [1.29, 1.82) is 0 Å². The molecule has 1 aromatic heterocycles. The van der Waals surface area contributed by atoms with Crippen molar-refractivity contribution in [2.75, 3.05) is 7.05 Å². The largest absolute Gasteiger partial charge is 0.298 e. The number of rotatable bonds is 5. The zero-order valence-corrected chi connectivity index (χ0v) is 20.0. The molecule has 0 spiro atoms. The highest BCUT2D eigenvalue weighted by Crippen LogP contribution is 2.32. The van der Waals surface area contributed by atoms with Crippen LogP contribution in [0.3, 0.4) is 0 Å². The van der Waals surface area contributed by atoms with Crippen molar-refractivity contribution in [3.63, 3.8) is 0 Å². The fourth-order valence-corrected chi connectivity index (χ4v) is 5.66. The number of likely N-dealkylation sites (N-methyl/N-ethyl adjacent to an activating group) is 1. The SMILES string of the molecule is Cc1nn(C)cc1-c1cccc(C2CC(C(=O)Cc3ccc(F)c(Cl)c3)N(C)S(=O)(=O)N2)c1. The molecular weight excluding hydrogens is 467 g/mol. The van der Waals surface area contributed by atoms with Crippen LogP contribution < -0.4 is 4.72 Å². The average Bonchev–Trinajstić information content (AvgIpc) is 3.10. The first kappa shape index (κ1) is 23.6. The molecule has 2 aromatic carbocycles. The number of carbonyl (C=O) groups excluding carboxylic acids is 1. The fraction of sp³-hybridized carbons (Fsp3) is 0.304. The van der Waals surface area contributed by atoms with Crippen LogP contribution in [0.2, 0.25) is 5.02 Å². The quantitative estimate of drug-likeness (QED) is 0.592. The van der Waals surface area contributed by atoms with Crippen LogP contribution in [0.4, 0.5) is 4.39 Å². The molecule has 1 fully saturated rings. The van der Waals surface area contributed by atoms with Gasteiger partial charge < -0.3 is 0 Å². The van der Waals surface area contributed by atoms with Crippen LogP contribution in [-0.2, 0) is 28.5 Å². The van der Waals surface area contributed by atoms with Gasteiger partial charge in [-0.25, -0.2) is 4.39 Å². The lowest BCUT2D eigenvalue weighted by Crippen LogP contribution is -2.55. The molecule has 1 aliphatic heterocycles. The number of carbonyl (C=O) groups is 1. The summed E-state index contributed by atoms with van der Waals surface area (Å²) in [7, 11) is -0.655. The van der Waals surface area contributed by atoms with Crippen molar-refractivity contribution in [2.45, 2.75) is 31.8 Å². The van der Waals surface area contributed by atoms with E-state index < -0.39 is 28.1 Å². The van der Waals surface area contributed by atoms with E-state index in [2.05, 4.69) is 9.82 Å². The number of nitrogens with one attached hydrogen (secondary N) is 1. The maximum atomic E-state index is 13.5. The van der Waals surface area contributed by atoms with Gasteiger partial charge in [0.1, 0.15) is 5.82 Å². The fourth-order valence-electron chi connectivity index (χ4n) is 4.16. The molecule has 0 aliphatic carbocycles. The van der Waals surface area contributed by atoms with Crippen molar-refractivity contribution >= 4 is 27.6 Å². The third-order valence-corrected chi connectivity index (χ3v) is 7.80. The standard InChI is InChI=1S/C23H24ClFN4O3S/c1-14-18(13-28(2)26-14)16-5-4-6-17(11-16)21-12-22(29(3)33(31,32)27-21)23(30)10-15-7-8-20(25)19(24)9-15/h4-9,11,13,21-22,27H,10,12H2,1-3H3. The number of halogens is 2. The van der Waals surface area contributed by atoms with Crippen molar-refractivity contribution in [3.05, 3.63) is 76.3 Å². The second kappa shape index (κ2) is 8.98. The van der Waals surface area contributed by atoms with Gasteiger partial charge in [-0.05, 0) is 48.2 Å². The molecule has 0 saturated carbocycles. The zero-order valence-electron chi connectivity index (χ0n) is 18.4. The highest BCUT2D eigenvalue weighted by Gasteiger charge is 2.40. The van der Waals surface area contributed by atoms with E-state index in [1.165, 1.54) is 25.2 Å². The molecule has 10 heteroatoms. The van der Waals surface area contributed by atoms with Gasteiger partial charge in [-0.3, -0.25) is 9.48 Å². The zero-order chi connectivity index (χ0) is 23.9. The Morgan fingerprint density at radius 2 is 2.00 bits per heavy atom. The second-order valence-corrected chi connectivity index (χ2v) is 10.4. The number of Topliss-reactive ketones (excluding diaryl/α,β-unsaturated/α-hetero) is 1. The van der Waals surface area contributed by atoms with Crippen molar-refractivity contribution < 1.29 is 17.6 Å². The number of benzene rings is 2. The van der Waals surface area contributed by atoms with Gasteiger partial charge in [0.25, 0.3) is 10.2 Å². The lowest BCUT2D eigenvalue weighted by molar-refractivity contribution is -0.122. The number of ketones is 1. The maximum Gasteiger partial charge on any atom is 0.280 e. The van der Waals surface area contributed by atoms with Crippen LogP contribution in [0.25, 0.3) is 11.1 Å². The molecule has 4 rings (SSSR count). The highest BCUT2D eigenvalue weighted by molar-refractivity contribution is 7.87. The van der Waals surface area contributed by atoms with E-state index in [9.17, 15) is 17.6 Å². The normalized spacial score (nSPS) is 20.6. The number of aryl methyl sites for hydroxylation is 2. The Hall–Kier alpha value is -2.59. The van der Waals surface area contributed by atoms with Gasteiger partial charge in [0.2, 0.25) is 0 Å². The number of hydrogen-bond acceptors (Lipinski definition) is 4. The first-order valence-corrected chi connectivity index (χ1v) is 12.2. The topological polar surface area (TPSA) is 84.3 Å². The third-order valence-electron chi connectivity index (χ3n) is 5.92. The van der Waals surface area contributed by atoms with Crippen LogP contribution in [0, 0.1) is 12.7 Å². The molecule has 1 aliphatic rings. The Morgan fingerprint density at radius 1 is 1.24 bits per heavy atom. The Balaban J connectivity index is 1.61. The number of hydrogen-bond donors (Lipinski definition) is 1. The summed E-state index contributed by atoms with van der Waals surface area (Å²) in [5, 5.41) is 4.29. The van der Waals surface area contributed by atoms with Crippen molar-refractivity contribution in [3.8, 4) is 11.1 Å². The minimum Gasteiger partial charge on any atom is -0.298 e. The average molecular weight is 491 g/mol. The van der Waals surface area contributed by atoms with Gasteiger partial charge in [-0.2, -0.15) is 22.5 Å². The van der Waals surface area contributed by atoms with Gasteiger partial charge >= 0.3 is 0 Å². The molecule has 2 unspecified atom stereocenters. The Morgan fingerprint density at radius 3 is 2.67 bits per heavy atom. The first-order chi connectivity index (χ1) is 15.5. The van der Waals surface area contributed by atoms with Gasteiger partial charge in [0, 0.05) is 38.3 Å². The summed E-state index contributed by atoms with van der Waals surface area (Å²) in [5.41, 5.74) is 4.03. The van der Waals surface area contributed by atoms with E-state index in [0.717, 1.165) is 26.7 Å². The molecule has 3 aromatic rings. The molecule has 0 amide bonds. The smallest absolute Gasteiger partial charge is 0.280 e. The minimum absolute atomic E-state index is 0.0494. The van der Waals surface area contributed by atoms with E-state index in [1.807, 2.05) is 44.4 Å². The van der Waals surface area contributed by atoms with Crippen molar-refractivity contribution in [1.82, 2.24) is 18.8 Å². The van der Waals surface area contributed by atoms with E-state index in [-0.39, 0.29) is 23.6 Å². The predicted octanol–water partition coefficient (Wildman–Crippen LogP) is 3.58. The molecule has 2 heterocycles. The molecule has 0 radical (unpaired) electrons. The molecule has 2 atom stereocenters. The highest BCUT2D eigenvalue weighted by atomic mass is 35.5. The summed E-state index contributed by atoms with van der Waals surface area (Å²) in [6, 6.07) is 10.2. The lowest BCUT2D eigenvalue weighted by Gasteiger charge is -2.36.